The molecule has 1 fully saturated rings. The van der Waals surface area contributed by atoms with Crippen molar-refractivity contribution >= 4 is 46.7 Å². The smallest absolute Gasteiger partial charge is 0.338 e. The Morgan fingerprint density at radius 1 is 0.931 bits per heavy atom. The summed E-state index contributed by atoms with van der Waals surface area (Å²) < 4.78 is 5.30. The van der Waals surface area contributed by atoms with Gasteiger partial charge in [0.25, 0.3) is 0 Å². The van der Waals surface area contributed by atoms with Crippen LogP contribution in [0.4, 0.5) is 5.69 Å². The van der Waals surface area contributed by atoms with Crippen LogP contribution in [-0.2, 0) is 20.9 Å². The Balaban J connectivity index is 1.43. The van der Waals surface area contributed by atoms with E-state index in [0.29, 0.717) is 39.7 Å². The normalized spacial score (nSPS) is 20.7. The number of amides is 2. The Labute approximate surface area is 177 Å². The molecule has 0 saturated carbocycles. The molecule has 2 atom stereocenters. The predicted octanol–water partition coefficient (Wildman–Crippen LogP) is 4.81. The second kappa shape index (κ2) is 8.01. The van der Waals surface area contributed by atoms with Gasteiger partial charge in [-0.2, -0.15) is 0 Å². The molecule has 29 heavy (non-hydrogen) atoms. The topological polar surface area (TPSA) is 63.7 Å². The van der Waals surface area contributed by atoms with Crippen molar-refractivity contribution in [1.29, 1.82) is 0 Å². The molecule has 1 aliphatic carbocycles. The lowest BCUT2D eigenvalue weighted by Crippen LogP contribution is -2.30. The van der Waals surface area contributed by atoms with Gasteiger partial charge in [0.1, 0.15) is 6.61 Å². The molecule has 0 unspecified atom stereocenters. The fraction of sp³-hybridized carbons (Fsp3) is 0.227. The minimum absolute atomic E-state index is 0.0525. The number of esters is 1. The third-order valence-corrected chi connectivity index (χ3v) is 5.96. The number of carbonyl (C=O) groups excluding carboxylic acids is 3. The van der Waals surface area contributed by atoms with E-state index in [-0.39, 0.29) is 30.3 Å². The molecule has 0 N–H and O–H groups in total. The van der Waals surface area contributed by atoms with Gasteiger partial charge in [-0.1, -0.05) is 41.4 Å². The molecular formula is C22H17Cl2NO4. The highest BCUT2D eigenvalue weighted by Gasteiger charge is 2.47. The SMILES string of the molecule is O=C(OCc1ccc(Cl)c(Cl)c1)c1ccc(N2C(=O)[C@@H]3CC=CC[C@H]3C2=O)cc1. The lowest BCUT2D eigenvalue weighted by Gasteiger charge is -2.15. The number of benzene rings is 2. The number of anilines is 1. The monoisotopic (exact) mass is 429 g/mol. The predicted molar refractivity (Wildman–Crippen MR) is 110 cm³/mol. The largest absolute Gasteiger partial charge is 0.457 e. The van der Waals surface area contributed by atoms with Crippen LogP contribution in [0.15, 0.2) is 54.6 Å². The summed E-state index contributed by atoms with van der Waals surface area (Å²) in [4.78, 5) is 38.8. The number of carbonyl (C=O) groups is 3. The summed E-state index contributed by atoms with van der Waals surface area (Å²) in [6.45, 7) is 0.0525. The molecule has 0 radical (unpaired) electrons. The summed E-state index contributed by atoms with van der Waals surface area (Å²) in [5.74, 6) is -1.45. The minimum Gasteiger partial charge on any atom is -0.457 e. The Bertz CT molecular complexity index is 990. The van der Waals surface area contributed by atoms with Crippen molar-refractivity contribution in [3.8, 4) is 0 Å². The minimum atomic E-state index is -0.514. The molecule has 2 aromatic rings. The van der Waals surface area contributed by atoms with E-state index < -0.39 is 5.97 Å². The van der Waals surface area contributed by atoms with Gasteiger partial charge in [0.15, 0.2) is 0 Å². The van der Waals surface area contributed by atoms with Crippen LogP contribution in [0.5, 0.6) is 0 Å². The number of ether oxygens (including phenoxy) is 1. The number of nitrogens with zero attached hydrogens (tertiary/aromatic N) is 1. The Morgan fingerprint density at radius 3 is 2.14 bits per heavy atom. The van der Waals surface area contributed by atoms with Crippen molar-refractivity contribution in [1.82, 2.24) is 0 Å². The number of fused-ring (bicyclic) bond motifs is 1. The first-order valence-electron chi connectivity index (χ1n) is 9.19. The highest BCUT2D eigenvalue weighted by molar-refractivity contribution is 6.42. The molecule has 5 nitrogen and oxygen atoms in total. The van der Waals surface area contributed by atoms with Gasteiger partial charge in [-0.15, -0.1) is 0 Å². The van der Waals surface area contributed by atoms with Gasteiger partial charge in [0.05, 0.1) is 33.1 Å². The summed E-state index contributed by atoms with van der Waals surface area (Å²) in [6, 6.07) is 11.3. The van der Waals surface area contributed by atoms with Crippen LogP contribution in [-0.4, -0.2) is 17.8 Å². The van der Waals surface area contributed by atoms with E-state index in [4.69, 9.17) is 27.9 Å². The van der Waals surface area contributed by atoms with Crippen molar-refractivity contribution in [3.63, 3.8) is 0 Å². The number of hydrogen-bond acceptors (Lipinski definition) is 4. The summed E-state index contributed by atoms with van der Waals surface area (Å²) in [6.07, 6.45) is 5.07. The third kappa shape index (κ3) is 3.80. The van der Waals surface area contributed by atoms with Crippen LogP contribution in [0.1, 0.15) is 28.8 Å². The van der Waals surface area contributed by atoms with E-state index in [2.05, 4.69) is 0 Å². The fourth-order valence-electron chi connectivity index (χ4n) is 3.66. The average Bonchev–Trinajstić information content (AvgIpc) is 2.99. The van der Waals surface area contributed by atoms with Gasteiger partial charge >= 0.3 is 5.97 Å². The van der Waals surface area contributed by atoms with Gasteiger partial charge in [0.2, 0.25) is 11.8 Å². The van der Waals surface area contributed by atoms with E-state index in [0.717, 1.165) is 0 Å². The Hall–Kier alpha value is -2.63. The van der Waals surface area contributed by atoms with E-state index in [1.807, 2.05) is 12.2 Å². The maximum absolute atomic E-state index is 12.6. The molecule has 1 saturated heterocycles. The molecule has 148 valence electrons. The Kier molecular flexibility index (Phi) is 5.43. The highest BCUT2D eigenvalue weighted by Crippen LogP contribution is 2.37. The number of halogens is 2. The first-order chi connectivity index (χ1) is 14.0. The lowest BCUT2D eigenvalue weighted by molar-refractivity contribution is -0.122. The first-order valence-corrected chi connectivity index (χ1v) is 9.95. The van der Waals surface area contributed by atoms with E-state index in [1.165, 1.54) is 4.90 Å². The Morgan fingerprint density at radius 2 is 1.55 bits per heavy atom. The van der Waals surface area contributed by atoms with Crippen molar-refractivity contribution in [2.24, 2.45) is 11.8 Å². The zero-order valence-electron chi connectivity index (χ0n) is 15.3. The molecule has 0 aromatic heterocycles. The van der Waals surface area contributed by atoms with Crippen molar-refractivity contribution in [2.75, 3.05) is 4.90 Å². The van der Waals surface area contributed by atoms with Crippen molar-refractivity contribution in [2.45, 2.75) is 19.4 Å². The van der Waals surface area contributed by atoms with Gasteiger partial charge in [-0.3, -0.25) is 14.5 Å². The summed E-state index contributed by atoms with van der Waals surface area (Å²) in [5, 5.41) is 0.819. The second-order valence-corrected chi connectivity index (χ2v) is 7.85. The molecule has 4 rings (SSSR count). The molecule has 2 amide bonds. The van der Waals surface area contributed by atoms with Crippen LogP contribution in [0.3, 0.4) is 0 Å². The van der Waals surface area contributed by atoms with E-state index >= 15 is 0 Å². The van der Waals surface area contributed by atoms with Crippen LogP contribution >= 0.6 is 23.2 Å². The molecule has 0 spiro atoms. The first kappa shape index (κ1) is 19.7. The molecule has 1 aliphatic heterocycles. The maximum atomic E-state index is 12.6. The summed E-state index contributed by atoms with van der Waals surface area (Å²) in [5.41, 5.74) is 1.51. The van der Waals surface area contributed by atoms with Gasteiger partial charge in [-0.25, -0.2) is 4.79 Å². The zero-order valence-corrected chi connectivity index (χ0v) is 16.8. The zero-order chi connectivity index (χ0) is 20.5. The van der Waals surface area contributed by atoms with Gasteiger partial charge in [0, 0.05) is 0 Å². The van der Waals surface area contributed by atoms with E-state index in [9.17, 15) is 14.4 Å². The second-order valence-electron chi connectivity index (χ2n) is 7.04. The van der Waals surface area contributed by atoms with E-state index in [1.54, 1.807) is 42.5 Å². The fourth-order valence-corrected chi connectivity index (χ4v) is 3.98. The number of hydrogen-bond donors (Lipinski definition) is 0. The van der Waals surface area contributed by atoms with Crippen LogP contribution in [0.25, 0.3) is 0 Å². The van der Waals surface area contributed by atoms with Crippen molar-refractivity contribution in [3.05, 3.63) is 75.8 Å². The quantitative estimate of drug-likeness (QED) is 0.397. The molecule has 2 aliphatic rings. The highest BCUT2D eigenvalue weighted by atomic mass is 35.5. The summed E-state index contributed by atoms with van der Waals surface area (Å²) >= 11 is 11.8. The molecule has 0 bridgehead atoms. The average molecular weight is 430 g/mol. The lowest BCUT2D eigenvalue weighted by atomic mass is 9.85. The molecule has 7 heteroatoms. The van der Waals surface area contributed by atoms with Gasteiger partial charge in [-0.05, 0) is 54.8 Å². The van der Waals surface area contributed by atoms with Crippen LogP contribution < -0.4 is 4.90 Å². The number of imide groups is 1. The molecule has 1 heterocycles. The summed E-state index contributed by atoms with van der Waals surface area (Å²) in [7, 11) is 0. The molecular weight excluding hydrogens is 413 g/mol. The maximum Gasteiger partial charge on any atom is 0.338 e. The molecule has 2 aromatic carbocycles. The number of allylic oxidation sites excluding steroid dienone is 2. The van der Waals surface area contributed by atoms with Crippen LogP contribution in [0, 0.1) is 11.8 Å². The van der Waals surface area contributed by atoms with Gasteiger partial charge < -0.3 is 4.74 Å². The van der Waals surface area contributed by atoms with Crippen molar-refractivity contribution < 1.29 is 19.1 Å². The third-order valence-electron chi connectivity index (χ3n) is 5.22. The van der Waals surface area contributed by atoms with Crippen LogP contribution in [0.2, 0.25) is 10.0 Å². The number of rotatable bonds is 4. The standard InChI is InChI=1S/C22H17Cl2NO4/c23-18-10-5-13(11-19(18)24)12-29-22(28)14-6-8-15(9-7-14)25-20(26)16-3-1-2-4-17(16)21(25)27/h1-2,5-11,16-17H,3-4,12H2/t16-,17-/m1/s1.